The molecule has 2 radical (unpaired) electrons. The van der Waals surface area contributed by atoms with Gasteiger partial charge in [-0.2, -0.15) is 0 Å². The zero-order valence-corrected chi connectivity index (χ0v) is 9.31. The van der Waals surface area contributed by atoms with Crippen molar-refractivity contribution >= 4 is 7.41 Å². The monoisotopic (exact) mass is 151 g/mol. The van der Waals surface area contributed by atoms with E-state index in [1.54, 1.807) is 7.11 Å². The molecule has 2 nitrogen and oxygen atoms in total. The van der Waals surface area contributed by atoms with Gasteiger partial charge in [-0.3, -0.25) is 0 Å². The average molecular weight is 151 g/mol. The van der Waals surface area contributed by atoms with Crippen LogP contribution in [0.2, 0.25) is 6.32 Å². The van der Waals surface area contributed by atoms with E-state index >= 15 is 0 Å². The Bertz CT molecular complexity index is 51.0. The molecule has 0 saturated heterocycles. The summed E-state index contributed by atoms with van der Waals surface area (Å²) in [6.45, 7) is 4.00. The van der Waals surface area contributed by atoms with E-state index in [0.717, 1.165) is 25.9 Å². The molecule has 0 aromatic rings. The summed E-state index contributed by atoms with van der Waals surface area (Å²) in [5, 5.41) is 3.16. The Hall–Kier alpha value is 0.985. The van der Waals surface area contributed by atoms with E-state index in [1.165, 1.54) is 0 Å². The molecule has 0 aromatic heterocycles. The van der Waals surface area contributed by atoms with Gasteiger partial charge in [0.1, 0.15) is 0 Å². The van der Waals surface area contributed by atoms with Gasteiger partial charge in [0.15, 0.2) is 0 Å². The molecule has 0 atom stereocenters. The van der Waals surface area contributed by atoms with Crippen molar-refractivity contribution in [2.75, 3.05) is 20.3 Å². The van der Waals surface area contributed by atoms with Crippen molar-refractivity contribution in [3.8, 4) is 0 Å². The first-order chi connectivity index (χ1) is 4.41. The SMILES string of the molecule is CC[B-]NCCCOC.[Na+]. The van der Waals surface area contributed by atoms with E-state index < -0.39 is 0 Å². The summed E-state index contributed by atoms with van der Waals surface area (Å²) in [7, 11) is 3.79. The third-order valence-electron chi connectivity index (χ3n) is 1.02. The van der Waals surface area contributed by atoms with E-state index in [0.29, 0.717) is 0 Å². The molecule has 4 heteroatoms. The minimum absolute atomic E-state index is 0. The Morgan fingerprint density at radius 3 is 2.70 bits per heavy atom. The molecule has 0 aromatic carbocycles. The van der Waals surface area contributed by atoms with Crippen molar-refractivity contribution in [2.45, 2.75) is 19.7 Å². The first-order valence-corrected chi connectivity index (χ1v) is 3.45. The molecule has 10 heavy (non-hydrogen) atoms. The molecule has 0 bridgehead atoms. The number of rotatable bonds is 6. The molecule has 1 N–H and O–H groups in total. The van der Waals surface area contributed by atoms with Crippen LogP contribution in [-0.2, 0) is 4.74 Å². The summed E-state index contributed by atoms with van der Waals surface area (Å²) in [4.78, 5) is 0. The van der Waals surface area contributed by atoms with Gasteiger partial charge in [-0.15, -0.1) is 6.92 Å². The molecule has 0 saturated carbocycles. The molecule has 0 aliphatic heterocycles. The van der Waals surface area contributed by atoms with E-state index in [2.05, 4.69) is 19.6 Å². The topological polar surface area (TPSA) is 21.3 Å². The second-order valence-corrected chi connectivity index (χ2v) is 1.91. The molecule has 0 aliphatic carbocycles. The van der Waals surface area contributed by atoms with Gasteiger partial charge in [0.25, 0.3) is 0 Å². The summed E-state index contributed by atoms with van der Waals surface area (Å²) in [6.07, 6.45) is 2.18. The smallest absolute Gasteiger partial charge is 0.555 e. The van der Waals surface area contributed by atoms with Crippen LogP contribution in [0.3, 0.4) is 0 Å². The molecular weight excluding hydrogens is 136 g/mol. The second-order valence-electron chi connectivity index (χ2n) is 1.91. The fourth-order valence-corrected chi connectivity index (χ4v) is 0.565. The molecule has 0 spiro atoms. The third-order valence-corrected chi connectivity index (χ3v) is 1.02. The van der Waals surface area contributed by atoms with Crippen LogP contribution in [0.15, 0.2) is 0 Å². The summed E-state index contributed by atoms with van der Waals surface area (Å²) >= 11 is 0. The van der Waals surface area contributed by atoms with Crippen LogP contribution in [0.1, 0.15) is 13.3 Å². The number of ether oxygens (including phenoxy) is 1. The summed E-state index contributed by atoms with van der Waals surface area (Å²) in [6, 6.07) is 0. The number of hydrogen-bond donors (Lipinski definition) is 1. The summed E-state index contributed by atoms with van der Waals surface area (Å²) < 4.78 is 4.87. The predicted molar refractivity (Wildman–Crippen MR) is 40.7 cm³/mol. The van der Waals surface area contributed by atoms with Crippen molar-refractivity contribution in [3.05, 3.63) is 0 Å². The number of hydrogen-bond acceptors (Lipinski definition) is 2. The van der Waals surface area contributed by atoms with Crippen LogP contribution < -0.4 is 34.8 Å². The Morgan fingerprint density at radius 2 is 2.20 bits per heavy atom. The molecule has 0 rings (SSSR count). The minimum Gasteiger partial charge on any atom is -0.555 e. The molecule has 0 fully saturated rings. The molecule has 0 unspecified atom stereocenters. The van der Waals surface area contributed by atoms with Gasteiger partial charge in [0, 0.05) is 13.7 Å². The quantitative estimate of drug-likeness (QED) is 0.339. The molecule has 0 aliphatic rings. The maximum atomic E-state index is 4.87. The van der Waals surface area contributed by atoms with Gasteiger partial charge in [0.2, 0.25) is 0 Å². The Balaban J connectivity index is 0. The van der Waals surface area contributed by atoms with Crippen LogP contribution >= 0.6 is 0 Å². The first kappa shape index (κ1) is 13.6. The summed E-state index contributed by atoms with van der Waals surface area (Å²) in [5.41, 5.74) is 0. The Labute approximate surface area is 86.7 Å². The van der Waals surface area contributed by atoms with Gasteiger partial charge in [0.05, 0.1) is 0 Å². The van der Waals surface area contributed by atoms with Crippen molar-refractivity contribution in [1.82, 2.24) is 5.23 Å². The second kappa shape index (κ2) is 12.6. The zero-order chi connectivity index (χ0) is 6.95. The summed E-state index contributed by atoms with van der Waals surface area (Å²) in [5.74, 6) is 0. The predicted octanol–water partition coefficient (Wildman–Crippen LogP) is -2.33. The third kappa shape index (κ3) is 11.7. The maximum Gasteiger partial charge on any atom is 1.00 e. The molecule has 54 valence electrons. The Morgan fingerprint density at radius 1 is 1.50 bits per heavy atom. The fourth-order valence-electron chi connectivity index (χ4n) is 0.565. The van der Waals surface area contributed by atoms with Crippen molar-refractivity contribution in [3.63, 3.8) is 0 Å². The minimum atomic E-state index is 0. The first-order valence-electron chi connectivity index (χ1n) is 3.45. The van der Waals surface area contributed by atoms with Gasteiger partial charge >= 0.3 is 29.6 Å². The van der Waals surface area contributed by atoms with Crippen LogP contribution in [0.25, 0.3) is 0 Å². The van der Waals surface area contributed by atoms with Crippen LogP contribution in [0.4, 0.5) is 0 Å². The standard InChI is InChI=1S/C6H15BNO.Na/c1-3-7-8-5-4-6-9-2;/h8H,3-6H2,1-2H3;/q-1;+1. The van der Waals surface area contributed by atoms with E-state index in [1.807, 2.05) is 0 Å². The molecule has 0 heterocycles. The van der Waals surface area contributed by atoms with E-state index in [9.17, 15) is 0 Å². The van der Waals surface area contributed by atoms with Crippen LogP contribution in [0, 0.1) is 0 Å². The van der Waals surface area contributed by atoms with Crippen molar-refractivity contribution in [2.24, 2.45) is 0 Å². The Kier molecular flexibility index (Phi) is 17.2. The van der Waals surface area contributed by atoms with Gasteiger partial charge in [-0.1, -0.05) is 0 Å². The van der Waals surface area contributed by atoms with Crippen LogP contribution in [0.5, 0.6) is 0 Å². The average Bonchev–Trinajstić information content (AvgIpc) is 1.89. The van der Waals surface area contributed by atoms with E-state index in [-0.39, 0.29) is 29.6 Å². The normalized spacial score (nSPS) is 9.00. The van der Waals surface area contributed by atoms with Crippen molar-refractivity contribution in [1.29, 1.82) is 0 Å². The maximum absolute atomic E-state index is 4.87. The number of methoxy groups -OCH3 is 1. The van der Waals surface area contributed by atoms with Gasteiger partial charge in [-0.25, -0.2) is 13.7 Å². The van der Waals surface area contributed by atoms with Gasteiger partial charge < -0.3 is 9.96 Å². The number of nitrogens with one attached hydrogen (secondary N) is 1. The molecule has 0 amide bonds. The largest absolute Gasteiger partial charge is 1.00 e. The zero-order valence-electron chi connectivity index (χ0n) is 7.31. The van der Waals surface area contributed by atoms with Crippen LogP contribution in [-0.4, -0.2) is 27.7 Å². The van der Waals surface area contributed by atoms with Crippen molar-refractivity contribution < 1.29 is 34.3 Å². The van der Waals surface area contributed by atoms with Gasteiger partial charge in [-0.05, 0) is 13.0 Å². The fraction of sp³-hybridized carbons (Fsp3) is 1.00. The van der Waals surface area contributed by atoms with E-state index in [4.69, 9.17) is 4.74 Å². The molecular formula is C6H15BNNaO.